The van der Waals surface area contributed by atoms with E-state index >= 15 is 0 Å². The minimum absolute atomic E-state index is 0.164. The van der Waals surface area contributed by atoms with Gasteiger partial charge >= 0.3 is 6.09 Å². The Bertz CT molecular complexity index is 791. The van der Waals surface area contributed by atoms with Gasteiger partial charge in [0.25, 0.3) is 0 Å². The third kappa shape index (κ3) is 3.10. The fourth-order valence-electron chi connectivity index (χ4n) is 3.58. The Kier molecular flexibility index (Phi) is 4.05. The lowest BCUT2D eigenvalue weighted by Crippen LogP contribution is -2.53. The summed E-state index contributed by atoms with van der Waals surface area (Å²) in [6.07, 6.45) is 13.4. The van der Waals surface area contributed by atoms with Crippen molar-refractivity contribution in [3.8, 4) is 18.4 Å². The molecule has 0 spiro atoms. The number of fused-ring (bicyclic) bond motifs is 2. The molecule has 2 aliphatic heterocycles. The lowest BCUT2D eigenvalue weighted by atomic mass is 9.71. The van der Waals surface area contributed by atoms with Crippen LogP contribution in [0.15, 0.2) is 30.6 Å². The van der Waals surface area contributed by atoms with Crippen LogP contribution in [0.5, 0.6) is 0 Å². The molecule has 3 heterocycles. The number of pyridine rings is 1. The molecule has 0 saturated carbocycles. The van der Waals surface area contributed by atoms with E-state index in [2.05, 4.69) is 17.0 Å². The highest BCUT2D eigenvalue weighted by Gasteiger charge is 2.50. The summed E-state index contributed by atoms with van der Waals surface area (Å²) in [5, 5.41) is 9.94. The Morgan fingerprint density at radius 2 is 2.00 bits per heavy atom. The highest BCUT2D eigenvalue weighted by atomic mass is 16.6. The molecule has 0 aliphatic carbocycles. The van der Waals surface area contributed by atoms with Crippen molar-refractivity contribution in [3.05, 3.63) is 41.7 Å². The second-order valence-electron chi connectivity index (χ2n) is 7.62. The molecule has 5 heteroatoms. The Morgan fingerprint density at radius 3 is 2.52 bits per heavy atom. The van der Waals surface area contributed by atoms with Crippen LogP contribution >= 0.6 is 0 Å². The van der Waals surface area contributed by atoms with Crippen LogP contribution in [-0.2, 0) is 10.2 Å². The lowest BCUT2D eigenvalue weighted by Gasteiger charge is -2.43. The zero-order valence-electron chi connectivity index (χ0n) is 14.7. The van der Waals surface area contributed by atoms with Crippen molar-refractivity contribution in [2.75, 3.05) is 0 Å². The van der Waals surface area contributed by atoms with Gasteiger partial charge in [0.05, 0.1) is 23.6 Å². The van der Waals surface area contributed by atoms with Crippen LogP contribution in [0.3, 0.4) is 0 Å². The fourth-order valence-corrected chi connectivity index (χ4v) is 3.58. The van der Waals surface area contributed by atoms with Gasteiger partial charge in [-0.15, -0.1) is 6.42 Å². The van der Waals surface area contributed by atoms with Crippen molar-refractivity contribution in [3.63, 3.8) is 0 Å². The monoisotopic (exact) mass is 335 g/mol. The van der Waals surface area contributed by atoms with Crippen molar-refractivity contribution in [2.24, 2.45) is 0 Å². The summed E-state index contributed by atoms with van der Waals surface area (Å²) in [6.45, 7) is 5.54. The smallest absolute Gasteiger partial charge is 0.411 e. The van der Waals surface area contributed by atoms with E-state index in [-0.39, 0.29) is 18.2 Å². The lowest BCUT2D eigenvalue weighted by molar-refractivity contribution is 0.00562. The molecule has 1 aromatic heterocycles. The largest absolute Gasteiger partial charge is 0.444 e. The zero-order chi connectivity index (χ0) is 18.2. The number of hydrogen-bond donors (Lipinski definition) is 0. The molecule has 5 nitrogen and oxygen atoms in total. The first kappa shape index (κ1) is 17.0. The molecule has 0 radical (unpaired) electrons. The summed E-state index contributed by atoms with van der Waals surface area (Å²) < 4.78 is 5.53. The fraction of sp³-hybridized carbons (Fsp3) is 0.450. The van der Waals surface area contributed by atoms with Crippen LogP contribution in [0.4, 0.5) is 4.79 Å². The summed E-state index contributed by atoms with van der Waals surface area (Å²) in [5.41, 5.74) is 0.206. The summed E-state index contributed by atoms with van der Waals surface area (Å²) in [5.74, 6) is 2.57. The van der Waals surface area contributed by atoms with Crippen LogP contribution in [0.1, 0.15) is 44.7 Å². The molecule has 1 fully saturated rings. The van der Waals surface area contributed by atoms with Crippen LogP contribution in [0, 0.1) is 23.7 Å². The normalized spacial score (nSPS) is 27.5. The van der Waals surface area contributed by atoms with Gasteiger partial charge in [-0.3, -0.25) is 9.88 Å². The number of nitriles is 1. The standard InChI is InChI=1S/C20H21N3O2/c1-5-14-8-15(12-22-11-14)20(13-21)9-16-6-7-17(10-20)23(16)18(24)25-19(2,3)4/h1,6-8,11-12,16-17H,9-10H2,2-4H3. The molecule has 0 aromatic carbocycles. The quantitative estimate of drug-likeness (QED) is 0.584. The molecule has 1 amide bonds. The van der Waals surface area contributed by atoms with Crippen LogP contribution in [0.2, 0.25) is 0 Å². The number of hydrogen-bond acceptors (Lipinski definition) is 4. The molecule has 2 bridgehead atoms. The van der Waals surface area contributed by atoms with E-state index in [4.69, 9.17) is 11.2 Å². The summed E-state index contributed by atoms with van der Waals surface area (Å²) >= 11 is 0. The Hall–Kier alpha value is -2.79. The van der Waals surface area contributed by atoms with Gasteiger partial charge in [0, 0.05) is 18.0 Å². The zero-order valence-corrected chi connectivity index (χ0v) is 14.7. The van der Waals surface area contributed by atoms with Crippen LogP contribution in [-0.4, -0.2) is 33.7 Å². The third-order valence-electron chi connectivity index (χ3n) is 4.66. The number of aromatic nitrogens is 1. The maximum absolute atomic E-state index is 12.6. The summed E-state index contributed by atoms with van der Waals surface area (Å²) in [6, 6.07) is 3.98. The van der Waals surface area contributed by atoms with Crippen LogP contribution < -0.4 is 0 Å². The number of carbonyl (C=O) groups is 1. The third-order valence-corrected chi connectivity index (χ3v) is 4.66. The second-order valence-corrected chi connectivity index (χ2v) is 7.62. The Balaban J connectivity index is 1.88. The number of amides is 1. The van der Waals surface area contributed by atoms with E-state index in [0.29, 0.717) is 18.4 Å². The topological polar surface area (TPSA) is 66.2 Å². The number of carbonyl (C=O) groups excluding carboxylic acids is 1. The maximum Gasteiger partial charge on any atom is 0.411 e. The van der Waals surface area contributed by atoms with Gasteiger partial charge in [-0.25, -0.2) is 4.79 Å². The molecular weight excluding hydrogens is 314 g/mol. The first-order valence-electron chi connectivity index (χ1n) is 8.31. The second kappa shape index (κ2) is 5.93. The van der Waals surface area contributed by atoms with Crippen molar-refractivity contribution >= 4 is 6.09 Å². The van der Waals surface area contributed by atoms with Gasteiger partial charge in [-0.05, 0) is 45.2 Å². The molecule has 2 unspecified atom stereocenters. The molecule has 3 rings (SSSR count). The average molecular weight is 335 g/mol. The number of terminal acetylenes is 1. The van der Waals surface area contributed by atoms with Crippen molar-refractivity contribution in [1.29, 1.82) is 5.26 Å². The minimum atomic E-state index is -0.711. The molecule has 2 aliphatic rings. The molecule has 25 heavy (non-hydrogen) atoms. The van der Waals surface area contributed by atoms with Gasteiger partial charge in [0.15, 0.2) is 0 Å². The Labute approximate surface area is 148 Å². The predicted octanol–water partition coefficient (Wildman–Crippen LogP) is 3.16. The van der Waals surface area contributed by atoms with Crippen molar-refractivity contribution < 1.29 is 9.53 Å². The van der Waals surface area contributed by atoms with Gasteiger partial charge in [-0.2, -0.15) is 5.26 Å². The van der Waals surface area contributed by atoms with Gasteiger partial charge in [0.1, 0.15) is 5.60 Å². The summed E-state index contributed by atoms with van der Waals surface area (Å²) in [7, 11) is 0. The van der Waals surface area contributed by atoms with Crippen LogP contribution in [0.25, 0.3) is 0 Å². The minimum Gasteiger partial charge on any atom is -0.444 e. The van der Waals surface area contributed by atoms with Gasteiger partial charge in [0.2, 0.25) is 0 Å². The number of ether oxygens (including phenoxy) is 1. The van der Waals surface area contributed by atoms with E-state index in [9.17, 15) is 10.1 Å². The Morgan fingerprint density at radius 1 is 1.36 bits per heavy atom. The first-order valence-corrected chi connectivity index (χ1v) is 8.31. The molecular formula is C20H21N3O2. The van der Waals surface area contributed by atoms with Crippen molar-refractivity contribution in [1.82, 2.24) is 9.88 Å². The molecule has 1 saturated heterocycles. The predicted molar refractivity (Wildman–Crippen MR) is 93.5 cm³/mol. The van der Waals surface area contributed by atoms with E-state index in [1.165, 1.54) is 0 Å². The maximum atomic E-state index is 12.6. The highest BCUT2D eigenvalue weighted by Crippen LogP contribution is 2.44. The van der Waals surface area contributed by atoms with Gasteiger partial charge in [-0.1, -0.05) is 18.1 Å². The average Bonchev–Trinajstić information content (AvgIpc) is 2.85. The van der Waals surface area contributed by atoms with E-state index in [1.54, 1.807) is 17.3 Å². The van der Waals surface area contributed by atoms with E-state index in [1.807, 2.05) is 39.0 Å². The van der Waals surface area contributed by atoms with Gasteiger partial charge < -0.3 is 4.74 Å². The number of rotatable bonds is 1. The summed E-state index contributed by atoms with van der Waals surface area (Å²) in [4.78, 5) is 18.5. The molecule has 2 atom stereocenters. The number of piperidine rings is 1. The molecule has 128 valence electrons. The highest BCUT2D eigenvalue weighted by molar-refractivity contribution is 5.71. The first-order chi connectivity index (χ1) is 11.8. The van der Waals surface area contributed by atoms with E-state index < -0.39 is 11.0 Å². The molecule has 1 aromatic rings. The number of nitrogens with zero attached hydrogens (tertiary/aromatic N) is 3. The SMILES string of the molecule is C#Cc1cncc(C2(C#N)CC3C=CC(C2)N3C(=O)OC(C)(C)C)c1. The molecule has 0 N–H and O–H groups in total. The van der Waals surface area contributed by atoms with E-state index in [0.717, 1.165) is 5.56 Å². The van der Waals surface area contributed by atoms with Crippen molar-refractivity contribution in [2.45, 2.75) is 56.7 Å².